The van der Waals surface area contributed by atoms with Crippen molar-refractivity contribution in [2.75, 3.05) is 13.1 Å². The highest BCUT2D eigenvalue weighted by atomic mass is 79.9. The predicted octanol–water partition coefficient (Wildman–Crippen LogP) is 3.00. The van der Waals surface area contributed by atoms with Crippen LogP contribution in [0.3, 0.4) is 0 Å². The zero-order valence-electron chi connectivity index (χ0n) is 8.41. The van der Waals surface area contributed by atoms with Crippen LogP contribution in [0.2, 0.25) is 0 Å². The molecule has 1 heterocycles. The van der Waals surface area contributed by atoms with E-state index in [9.17, 15) is 0 Å². The molecule has 2 rings (SSSR count). The molecule has 15 heavy (non-hydrogen) atoms. The SMILES string of the molecule is Brc1ccccc1OC1CCNCC1.Cl. The average Bonchev–Trinajstić information content (AvgIpc) is 2.23. The summed E-state index contributed by atoms with van der Waals surface area (Å²) in [4.78, 5) is 0. The highest BCUT2D eigenvalue weighted by Gasteiger charge is 2.14. The molecule has 0 aliphatic carbocycles. The molecule has 0 atom stereocenters. The van der Waals surface area contributed by atoms with E-state index in [2.05, 4.69) is 21.2 Å². The quantitative estimate of drug-likeness (QED) is 0.905. The third kappa shape index (κ3) is 3.67. The zero-order chi connectivity index (χ0) is 9.80. The van der Waals surface area contributed by atoms with Gasteiger partial charge in [0.1, 0.15) is 11.9 Å². The lowest BCUT2D eigenvalue weighted by molar-refractivity contribution is 0.161. The molecule has 1 saturated heterocycles. The van der Waals surface area contributed by atoms with Gasteiger partial charge in [-0.25, -0.2) is 0 Å². The molecule has 0 bridgehead atoms. The Morgan fingerprint density at radius 2 is 1.87 bits per heavy atom. The normalized spacial score (nSPS) is 16.9. The predicted molar refractivity (Wildman–Crippen MR) is 67.9 cm³/mol. The molecule has 0 unspecified atom stereocenters. The number of hydrogen-bond donors (Lipinski definition) is 1. The van der Waals surface area contributed by atoms with Gasteiger partial charge in [0.05, 0.1) is 4.47 Å². The van der Waals surface area contributed by atoms with E-state index in [-0.39, 0.29) is 12.4 Å². The first-order valence-electron chi connectivity index (χ1n) is 4.98. The standard InChI is InChI=1S/C11H14BrNO.ClH/c12-10-3-1-2-4-11(10)14-9-5-7-13-8-6-9;/h1-4,9,13H,5-8H2;1H. The van der Waals surface area contributed by atoms with Crippen LogP contribution < -0.4 is 10.1 Å². The van der Waals surface area contributed by atoms with Crippen molar-refractivity contribution in [3.05, 3.63) is 28.7 Å². The van der Waals surface area contributed by atoms with Gasteiger partial charge in [0.2, 0.25) is 0 Å². The van der Waals surface area contributed by atoms with Crippen LogP contribution >= 0.6 is 28.3 Å². The molecule has 1 N–H and O–H groups in total. The number of halogens is 2. The summed E-state index contributed by atoms with van der Waals surface area (Å²) in [5, 5.41) is 3.32. The molecule has 0 aromatic heterocycles. The fourth-order valence-corrected chi connectivity index (χ4v) is 2.01. The smallest absolute Gasteiger partial charge is 0.133 e. The third-order valence-corrected chi connectivity index (χ3v) is 3.07. The third-order valence-electron chi connectivity index (χ3n) is 2.42. The van der Waals surface area contributed by atoms with Crippen molar-refractivity contribution in [3.63, 3.8) is 0 Å². The molecule has 0 radical (unpaired) electrons. The molecule has 1 aliphatic rings. The van der Waals surface area contributed by atoms with Gasteiger partial charge in [-0.1, -0.05) is 12.1 Å². The van der Waals surface area contributed by atoms with E-state index in [0.29, 0.717) is 6.10 Å². The van der Waals surface area contributed by atoms with E-state index in [1.165, 1.54) is 0 Å². The Labute approximate surface area is 105 Å². The van der Waals surface area contributed by atoms with Gasteiger partial charge in [-0.3, -0.25) is 0 Å². The lowest BCUT2D eigenvalue weighted by Crippen LogP contribution is -2.34. The Morgan fingerprint density at radius 3 is 2.53 bits per heavy atom. The molecule has 1 aromatic rings. The van der Waals surface area contributed by atoms with E-state index in [4.69, 9.17) is 4.74 Å². The summed E-state index contributed by atoms with van der Waals surface area (Å²) < 4.78 is 6.94. The van der Waals surface area contributed by atoms with Crippen LogP contribution in [0.5, 0.6) is 5.75 Å². The van der Waals surface area contributed by atoms with Gasteiger partial charge in [0.15, 0.2) is 0 Å². The lowest BCUT2D eigenvalue weighted by Gasteiger charge is -2.24. The van der Waals surface area contributed by atoms with Crippen molar-refractivity contribution in [1.29, 1.82) is 0 Å². The minimum Gasteiger partial charge on any atom is -0.489 e. The second-order valence-corrected chi connectivity index (χ2v) is 4.35. The van der Waals surface area contributed by atoms with Crippen LogP contribution in [0.15, 0.2) is 28.7 Å². The van der Waals surface area contributed by atoms with Gasteiger partial charge < -0.3 is 10.1 Å². The largest absolute Gasteiger partial charge is 0.489 e. The number of benzene rings is 1. The molecular formula is C11H15BrClNO. The molecule has 0 amide bonds. The summed E-state index contributed by atoms with van der Waals surface area (Å²) in [6.45, 7) is 2.13. The lowest BCUT2D eigenvalue weighted by atomic mass is 10.1. The monoisotopic (exact) mass is 291 g/mol. The van der Waals surface area contributed by atoms with Crippen LogP contribution in [0.25, 0.3) is 0 Å². The molecule has 4 heteroatoms. The Balaban J connectivity index is 0.00000112. The van der Waals surface area contributed by atoms with Crippen molar-refractivity contribution in [2.24, 2.45) is 0 Å². The molecule has 84 valence electrons. The van der Waals surface area contributed by atoms with E-state index < -0.39 is 0 Å². The first-order valence-corrected chi connectivity index (χ1v) is 5.77. The van der Waals surface area contributed by atoms with Gasteiger partial charge in [-0.2, -0.15) is 0 Å². The van der Waals surface area contributed by atoms with Crippen LogP contribution in [0.1, 0.15) is 12.8 Å². The minimum atomic E-state index is 0. The number of rotatable bonds is 2. The number of hydrogen-bond acceptors (Lipinski definition) is 2. The minimum absolute atomic E-state index is 0. The summed E-state index contributed by atoms with van der Waals surface area (Å²) >= 11 is 3.48. The second kappa shape index (κ2) is 6.36. The highest BCUT2D eigenvalue weighted by molar-refractivity contribution is 9.10. The van der Waals surface area contributed by atoms with Gasteiger partial charge >= 0.3 is 0 Å². The summed E-state index contributed by atoms with van der Waals surface area (Å²) in [7, 11) is 0. The zero-order valence-corrected chi connectivity index (χ0v) is 10.8. The van der Waals surface area contributed by atoms with Gasteiger partial charge in [0, 0.05) is 0 Å². The Kier molecular flexibility index (Phi) is 5.43. The maximum absolute atomic E-state index is 5.90. The maximum atomic E-state index is 5.90. The molecule has 0 saturated carbocycles. The Hall–Kier alpha value is -0.250. The van der Waals surface area contributed by atoms with E-state index in [1.807, 2.05) is 24.3 Å². The molecule has 1 aromatic carbocycles. The molecule has 0 spiro atoms. The van der Waals surface area contributed by atoms with E-state index >= 15 is 0 Å². The first-order chi connectivity index (χ1) is 6.86. The summed E-state index contributed by atoms with van der Waals surface area (Å²) in [5.74, 6) is 0.958. The van der Waals surface area contributed by atoms with Crippen LogP contribution in [-0.2, 0) is 0 Å². The highest BCUT2D eigenvalue weighted by Crippen LogP contribution is 2.26. The van der Waals surface area contributed by atoms with Crippen LogP contribution in [-0.4, -0.2) is 19.2 Å². The first kappa shape index (κ1) is 12.8. The van der Waals surface area contributed by atoms with Crippen LogP contribution in [0, 0.1) is 0 Å². The summed E-state index contributed by atoms with van der Waals surface area (Å²) in [5.41, 5.74) is 0. The fourth-order valence-electron chi connectivity index (χ4n) is 1.63. The molecule has 2 nitrogen and oxygen atoms in total. The second-order valence-electron chi connectivity index (χ2n) is 3.50. The molecule has 1 fully saturated rings. The topological polar surface area (TPSA) is 21.3 Å². The van der Waals surface area contributed by atoms with Crippen molar-refractivity contribution in [3.8, 4) is 5.75 Å². The number of nitrogens with one attached hydrogen (secondary N) is 1. The molecular weight excluding hydrogens is 277 g/mol. The number of piperidine rings is 1. The summed E-state index contributed by atoms with van der Waals surface area (Å²) in [6.07, 6.45) is 2.57. The van der Waals surface area contributed by atoms with Crippen molar-refractivity contribution in [1.82, 2.24) is 5.32 Å². The average molecular weight is 293 g/mol. The maximum Gasteiger partial charge on any atom is 0.133 e. The Bertz CT molecular complexity index is 302. The van der Waals surface area contributed by atoms with Gasteiger partial charge in [-0.15, -0.1) is 12.4 Å². The van der Waals surface area contributed by atoms with Gasteiger partial charge in [0.25, 0.3) is 0 Å². The number of ether oxygens (including phenoxy) is 1. The molecule has 1 aliphatic heterocycles. The van der Waals surface area contributed by atoms with Gasteiger partial charge in [-0.05, 0) is 54.0 Å². The Morgan fingerprint density at radius 1 is 1.20 bits per heavy atom. The van der Waals surface area contributed by atoms with Crippen molar-refractivity contribution >= 4 is 28.3 Å². The van der Waals surface area contributed by atoms with Crippen LogP contribution in [0.4, 0.5) is 0 Å². The fraction of sp³-hybridized carbons (Fsp3) is 0.455. The van der Waals surface area contributed by atoms with E-state index in [1.54, 1.807) is 0 Å². The van der Waals surface area contributed by atoms with Crippen molar-refractivity contribution < 1.29 is 4.74 Å². The number of para-hydroxylation sites is 1. The van der Waals surface area contributed by atoms with E-state index in [0.717, 1.165) is 36.2 Å². The van der Waals surface area contributed by atoms with Crippen molar-refractivity contribution in [2.45, 2.75) is 18.9 Å². The summed E-state index contributed by atoms with van der Waals surface area (Å²) in [6, 6.07) is 8.02.